The molecule has 4 rings (SSSR count). The van der Waals surface area contributed by atoms with Crippen molar-refractivity contribution in [2.24, 2.45) is 11.3 Å². The number of nitrogens with one attached hydrogen (secondary N) is 1. The molecule has 3 amide bonds. The average Bonchev–Trinajstić information content (AvgIpc) is 3.35. The zero-order valence-corrected chi connectivity index (χ0v) is 27.7. The molecule has 2 aromatic carbocycles. The van der Waals surface area contributed by atoms with Crippen LogP contribution in [-0.2, 0) is 4.79 Å². The number of carbonyl (C=O) groups excluding carboxylic acids is 3. The zero-order chi connectivity index (χ0) is 33.1. The van der Waals surface area contributed by atoms with Gasteiger partial charge in [0.05, 0.1) is 17.1 Å². The maximum atomic E-state index is 13.3. The minimum atomic E-state index is -0.489. The third-order valence-corrected chi connectivity index (χ3v) is 8.47. The summed E-state index contributed by atoms with van der Waals surface area (Å²) >= 11 is 6.02. The van der Waals surface area contributed by atoms with E-state index in [4.69, 9.17) is 21.3 Å². The first-order valence-electron chi connectivity index (χ1n) is 15.1. The van der Waals surface area contributed by atoms with Crippen molar-refractivity contribution >= 4 is 46.5 Å². The van der Waals surface area contributed by atoms with Gasteiger partial charge in [-0.2, -0.15) is 5.26 Å². The van der Waals surface area contributed by atoms with Crippen LogP contribution < -0.4 is 10.1 Å². The molecular weight excluding hydrogens is 592 g/mol. The van der Waals surface area contributed by atoms with Crippen molar-refractivity contribution in [1.29, 1.82) is 5.26 Å². The molecule has 2 heterocycles. The molecule has 0 radical (unpaired) electrons. The molecule has 1 aliphatic rings. The Morgan fingerprint density at radius 3 is 2.47 bits per heavy atom. The third kappa shape index (κ3) is 7.84. The lowest BCUT2D eigenvalue weighted by Crippen LogP contribution is -2.44. The predicted molar refractivity (Wildman–Crippen MR) is 175 cm³/mol. The normalized spacial score (nSPS) is 16.3. The number of ether oxygens (including phenoxy) is 1. The van der Waals surface area contributed by atoms with E-state index in [0.717, 1.165) is 6.42 Å². The number of nitrogens with zero attached hydrogens (tertiary/aromatic N) is 5. The molecule has 1 saturated heterocycles. The van der Waals surface area contributed by atoms with E-state index in [1.165, 1.54) is 0 Å². The summed E-state index contributed by atoms with van der Waals surface area (Å²) in [6.45, 7) is 12.8. The van der Waals surface area contributed by atoms with E-state index in [9.17, 15) is 19.6 Å². The number of anilines is 1. The standard InChI is InChI=1S/C34H41ClN6O4/c1-21(2)17-24(19-36)31(43)40-16-8-9-26(20-40)41-29-15-14-27(45-33(44)39(7)22(3)34(4,5)6)18-28(29)37-32(41)38-30(42)23-10-12-25(35)13-11-23/h10-15,17-18,21-22,26H,8-9,16,20H2,1-7H3,(H,37,38,42)/t22-,26?/m0/s1. The number of fused-ring (bicyclic) bond motifs is 1. The molecule has 0 bridgehead atoms. The number of aromatic nitrogens is 2. The molecule has 1 fully saturated rings. The molecule has 1 aliphatic heterocycles. The van der Waals surface area contributed by atoms with Gasteiger partial charge >= 0.3 is 6.09 Å². The number of likely N-dealkylation sites (tertiary alicyclic amines) is 1. The summed E-state index contributed by atoms with van der Waals surface area (Å²) in [5.74, 6) is -0.0165. The highest BCUT2D eigenvalue weighted by Crippen LogP contribution is 2.33. The van der Waals surface area contributed by atoms with Gasteiger partial charge in [0.15, 0.2) is 0 Å². The Balaban J connectivity index is 1.69. The fraction of sp³-hybridized carbons (Fsp3) is 0.441. The molecule has 1 aromatic heterocycles. The van der Waals surface area contributed by atoms with Crippen molar-refractivity contribution in [2.75, 3.05) is 25.5 Å². The maximum Gasteiger partial charge on any atom is 0.415 e. The Morgan fingerprint density at radius 2 is 1.84 bits per heavy atom. The van der Waals surface area contributed by atoms with Crippen LogP contribution in [-0.4, -0.2) is 63.4 Å². The Kier molecular flexibility index (Phi) is 10.2. The summed E-state index contributed by atoms with van der Waals surface area (Å²) in [7, 11) is 1.71. The van der Waals surface area contributed by atoms with Gasteiger partial charge in [-0.15, -0.1) is 0 Å². The van der Waals surface area contributed by atoms with Gasteiger partial charge in [0.1, 0.15) is 17.4 Å². The quantitative estimate of drug-likeness (QED) is 0.220. The van der Waals surface area contributed by atoms with Gasteiger partial charge in [0, 0.05) is 42.8 Å². The van der Waals surface area contributed by atoms with Crippen LogP contribution in [0.15, 0.2) is 54.1 Å². The number of hydrogen-bond acceptors (Lipinski definition) is 6. The number of imidazole rings is 1. The second-order valence-electron chi connectivity index (χ2n) is 12.9. The Morgan fingerprint density at radius 1 is 1.16 bits per heavy atom. The van der Waals surface area contributed by atoms with Crippen molar-refractivity contribution in [3.63, 3.8) is 0 Å². The van der Waals surface area contributed by atoms with Gasteiger partial charge < -0.3 is 19.1 Å². The van der Waals surface area contributed by atoms with Crippen LogP contribution in [0.3, 0.4) is 0 Å². The van der Waals surface area contributed by atoms with E-state index in [2.05, 4.69) is 32.2 Å². The van der Waals surface area contributed by atoms with Gasteiger partial charge in [-0.05, 0) is 67.5 Å². The predicted octanol–water partition coefficient (Wildman–Crippen LogP) is 7.08. The Labute approximate surface area is 269 Å². The number of allylic oxidation sites excluding steroid dienone is 1. The van der Waals surface area contributed by atoms with Crippen LogP contribution in [0.1, 0.15) is 70.8 Å². The zero-order valence-electron chi connectivity index (χ0n) is 26.9. The molecule has 0 aliphatic carbocycles. The van der Waals surface area contributed by atoms with Gasteiger partial charge in [0.25, 0.3) is 11.8 Å². The van der Waals surface area contributed by atoms with E-state index in [0.29, 0.717) is 52.8 Å². The monoisotopic (exact) mass is 632 g/mol. The molecule has 10 nitrogen and oxygen atoms in total. The van der Waals surface area contributed by atoms with Gasteiger partial charge in [0.2, 0.25) is 5.95 Å². The molecule has 11 heteroatoms. The Hall–Kier alpha value is -4.36. The molecule has 1 unspecified atom stereocenters. The highest BCUT2D eigenvalue weighted by atomic mass is 35.5. The average molecular weight is 633 g/mol. The molecule has 1 N–H and O–H groups in total. The lowest BCUT2D eigenvalue weighted by molar-refractivity contribution is -0.128. The van der Waals surface area contributed by atoms with Crippen LogP contribution in [0.25, 0.3) is 11.0 Å². The largest absolute Gasteiger partial charge is 0.415 e. The summed E-state index contributed by atoms with van der Waals surface area (Å²) < 4.78 is 7.64. The van der Waals surface area contributed by atoms with Gasteiger partial charge in [-0.1, -0.05) is 52.3 Å². The van der Waals surface area contributed by atoms with Crippen LogP contribution in [0.4, 0.5) is 10.7 Å². The number of benzene rings is 2. The number of piperidine rings is 1. The molecule has 3 aromatic rings. The first-order chi connectivity index (χ1) is 21.2. The number of rotatable bonds is 7. The molecule has 45 heavy (non-hydrogen) atoms. The number of carbonyl (C=O) groups is 3. The summed E-state index contributed by atoms with van der Waals surface area (Å²) in [6, 6.07) is 13.4. The first-order valence-corrected chi connectivity index (χ1v) is 15.5. The minimum Gasteiger partial charge on any atom is -0.410 e. The summed E-state index contributed by atoms with van der Waals surface area (Å²) in [5, 5.41) is 13.1. The van der Waals surface area contributed by atoms with Crippen LogP contribution in [0.2, 0.25) is 5.02 Å². The molecule has 2 atom stereocenters. The lowest BCUT2D eigenvalue weighted by Gasteiger charge is -2.34. The molecule has 0 spiro atoms. The smallest absolute Gasteiger partial charge is 0.410 e. The fourth-order valence-corrected chi connectivity index (χ4v) is 5.42. The molecule has 0 saturated carbocycles. The second kappa shape index (κ2) is 13.7. The van der Waals surface area contributed by atoms with E-state index in [-0.39, 0.29) is 40.8 Å². The van der Waals surface area contributed by atoms with E-state index < -0.39 is 6.09 Å². The first kappa shape index (κ1) is 33.5. The molecule has 238 valence electrons. The third-order valence-electron chi connectivity index (χ3n) is 8.22. The molecular formula is C34H41ClN6O4. The van der Waals surface area contributed by atoms with Crippen molar-refractivity contribution < 1.29 is 19.1 Å². The van der Waals surface area contributed by atoms with Crippen LogP contribution in [0, 0.1) is 22.7 Å². The highest BCUT2D eigenvalue weighted by Gasteiger charge is 2.31. The van der Waals surface area contributed by atoms with Gasteiger partial charge in [-0.25, -0.2) is 9.78 Å². The van der Waals surface area contributed by atoms with Crippen molar-refractivity contribution in [2.45, 2.75) is 66.5 Å². The Bertz CT molecular complexity index is 1650. The number of hydrogen-bond donors (Lipinski definition) is 1. The topological polar surface area (TPSA) is 121 Å². The lowest BCUT2D eigenvalue weighted by atomic mass is 9.87. The number of nitriles is 1. The summed E-state index contributed by atoms with van der Waals surface area (Å²) in [6.07, 6.45) is 2.62. The van der Waals surface area contributed by atoms with Crippen LogP contribution >= 0.6 is 11.6 Å². The van der Waals surface area contributed by atoms with E-state index in [1.807, 2.05) is 25.3 Å². The van der Waals surface area contributed by atoms with Crippen molar-refractivity contribution in [3.8, 4) is 11.8 Å². The van der Waals surface area contributed by atoms with Gasteiger partial charge in [-0.3, -0.25) is 14.9 Å². The number of amides is 3. The highest BCUT2D eigenvalue weighted by molar-refractivity contribution is 6.30. The van der Waals surface area contributed by atoms with E-state index in [1.54, 1.807) is 65.4 Å². The SMILES string of the molecule is CC(C)C=C(C#N)C(=O)N1CCCC(n2c(NC(=O)c3ccc(Cl)cc3)nc3cc(OC(=O)N(C)[C@@H](C)C(C)(C)C)ccc32)C1. The second-order valence-corrected chi connectivity index (χ2v) is 13.4. The maximum absolute atomic E-state index is 13.3. The van der Waals surface area contributed by atoms with E-state index >= 15 is 0 Å². The van der Waals surface area contributed by atoms with Crippen LogP contribution in [0.5, 0.6) is 5.75 Å². The summed E-state index contributed by atoms with van der Waals surface area (Å²) in [5.41, 5.74) is 1.60. The number of halogens is 1. The summed E-state index contributed by atoms with van der Waals surface area (Å²) in [4.78, 5) is 47.6. The fourth-order valence-electron chi connectivity index (χ4n) is 5.30. The minimum absolute atomic E-state index is 0.0521. The van der Waals surface area contributed by atoms with Crippen molar-refractivity contribution in [1.82, 2.24) is 19.4 Å². The van der Waals surface area contributed by atoms with Crippen molar-refractivity contribution in [3.05, 3.63) is 64.7 Å².